The molecule has 0 radical (unpaired) electrons. The Morgan fingerprint density at radius 1 is 0.877 bits per heavy atom. The highest BCUT2D eigenvalue weighted by atomic mass is 16.7. The number of rotatable bonds is 21. The molecule has 0 aliphatic rings. The lowest BCUT2D eigenvalue weighted by atomic mass is 9.81. The third-order valence-corrected chi connectivity index (χ3v) is 9.07. The molecule has 0 fully saturated rings. The number of unbranched alkanes of at least 4 members (excludes halogenated alkanes) is 2. The van der Waals surface area contributed by atoms with Crippen molar-refractivity contribution in [2.24, 2.45) is 17.2 Å². The van der Waals surface area contributed by atoms with Gasteiger partial charge in [0, 0.05) is 29.1 Å². The number of imide groups is 2. The van der Waals surface area contributed by atoms with Crippen molar-refractivity contribution in [3.8, 4) is 0 Å². The van der Waals surface area contributed by atoms with Crippen molar-refractivity contribution in [3.05, 3.63) is 71.9 Å². The summed E-state index contributed by atoms with van der Waals surface area (Å²) in [7, 11) is 0. The van der Waals surface area contributed by atoms with Crippen molar-refractivity contribution < 1.29 is 48.2 Å². The van der Waals surface area contributed by atoms with Crippen LogP contribution in [0.3, 0.4) is 0 Å². The predicted octanol–water partition coefficient (Wildman–Crippen LogP) is 2.84. The molecule has 3 aromatic rings. The minimum absolute atomic E-state index is 0.0930. The molecule has 57 heavy (non-hydrogen) atoms. The molecule has 1 heterocycles. The van der Waals surface area contributed by atoms with Crippen LogP contribution in [0.2, 0.25) is 0 Å². The number of aliphatic carboxylic acids is 1. The van der Waals surface area contributed by atoms with Crippen molar-refractivity contribution in [3.63, 3.8) is 0 Å². The van der Waals surface area contributed by atoms with Crippen molar-refractivity contribution in [1.29, 1.82) is 0 Å². The van der Waals surface area contributed by atoms with Crippen LogP contribution in [0, 0.1) is 0 Å². The maximum atomic E-state index is 14.2. The van der Waals surface area contributed by atoms with E-state index < -0.39 is 90.2 Å². The Balaban J connectivity index is 1.97. The third-order valence-electron chi connectivity index (χ3n) is 9.07. The number of fused-ring (bicyclic) bond motifs is 1. The molecule has 2 aromatic carbocycles. The molecule has 0 aliphatic heterocycles. The number of nitrogens with zero attached hydrogens (tertiary/aromatic N) is 1. The number of ketones is 1. The van der Waals surface area contributed by atoms with Gasteiger partial charge in [0.1, 0.15) is 5.60 Å². The van der Waals surface area contributed by atoms with Gasteiger partial charge in [0.25, 0.3) is 11.8 Å². The number of hydrogen-bond acceptors (Lipinski definition) is 12. The molecule has 0 saturated carbocycles. The summed E-state index contributed by atoms with van der Waals surface area (Å²) in [6.45, 7) is 5.90. The van der Waals surface area contributed by atoms with E-state index in [1.807, 2.05) is 41.1 Å². The summed E-state index contributed by atoms with van der Waals surface area (Å²) in [4.78, 5) is 101. The Morgan fingerprint density at radius 3 is 2.16 bits per heavy atom. The van der Waals surface area contributed by atoms with Crippen LogP contribution >= 0.6 is 0 Å². The maximum Gasteiger partial charge on any atom is 0.431 e. The van der Waals surface area contributed by atoms with Gasteiger partial charge >= 0.3 is 12.1 Å². The zero-order chi connectivity index (χ0) is 42.3. The zero-order valence-electron chi connectivity index (χ0n) is 32.9. The summed E-state index contributed by atoms with van der Waals surface area (Å²) < 4.78 is 5.03. The van der Waals surface area contributed by atoms with Crippen molar-refractivity contribution in [1.82, 2.24) is 20.7 Å². The number of hydrogen-bond donors (Lipinski definition) is 7. The highest BCUT2D eigenvalue weighted by Gasteiger charge is 2.44. The first-order chi connectivity index (χ1) is 26.9. The Morgan fingerprint density at radius 2 is 1.51 bits per heavy atom. The molecule has 1 unspecified atom stereocenters. The Hall–Kier alpha value is -5.49. The average molecular weight is 794 g/mol. The molecular weight excluding hydrogens is 738 g/mol. The number of H-pyrrole nitrogens is 1. The van der Waals surface area contributed by atoms with E-state index in [1.54, 1.807) is 51.2 Å². The van der Waals surface area contributed by atoms with Gasteiger partial charge < -0.3 is 32.0 Å². The molecule has 10 N–H and O–H groups in total. The number of amides is 5. The number of carboxylic acids is 1. The lowest BCUT2D eigenvalue weighted by Crippen LogP contribution is -2.63. The lowest BCUT2D eigenvalue weighted by molar-refractivity contribution is -0.159. The van der Waals surface area contributed by atoms with Gasteiger partial charge in [-0.05, 0) is 63.6 Å². The van der Waals surface area contributed by atoms with Crippen LogP contribution in [0.25, 0.3) is 10.9 Å². The first-order valence-corrected chi connectivity index (χ1v) is 18.8. The SMILES string of the molecule is CCCCCC(N)(CCCC(=O)[C@@H](C(=O)NC(=O)CONC(=O)OC(C)(C)C)N(C(=O)[C@@H](N)CC(=O)O)C(=O)[C@@H](N)Cc1c[nH]c2ccccc12)c1ccccc1. The summed E-state index contributed by atoms with van der Waals surface area (Å²) in [6.07, 6.45) is 2.68. The van der Waals surface area contributed by atoms with Crippen LogP contribution in [0.5, 0.6) is 0 Å². The molecule has 17 heteroatoms. The first-order valence-electron chi connectivity index (χ1n) is 18.8. The van der Waals surface area contributed by atoms with E-state index in [0.717, 1.165) is 35.7 Å². The number of ether oxygens (including phenoxy) is 1. The number of nitrogens with two attached hydrogens (primary N) is 3. The van der Waals surface area contributed by atoms with E-state index in [9.17, 15) is 38.7 Å². The monoisotopic (exact) mass is 793 g/mol. The number of aromatic amines is 1. The number of hydroxylamine groups is 1. The Kier molecular flexibility index (Phi) is 17.0. The molecule has 3 rings (SSSR count). The normalized spacial score (nSPS) is 14.1. The molecule has 0 aliphatic carbocycles. The van der Waals surface area contributed by atoms with Crippen LogP contribution in [0.1, 0.15) is 90.2 Å². The van der Waals surface area contributed by atoms with E-state index in [1.165, 1.54) is 0 Å². The van der Waals surface area contributed by atoms with Crippen LogP contribution < -0.4 is 28.0 Å². The predicted molar refractivity (Wildman–Crippen MR) is 210 cm³/mol. The first kappa shape index (κ1) is 45.9. The summed E-state index contributed by atoms with van der Waals surface area (Å²) in [6, 6.07) is 10.7. The fourth-order valence-corrected chi connectivity index (χ4v) is 6.32. The van der Waals surface area contributed by atoms with E-state index in [-0.39, 0.29) is 24.2 Å². The minimum Gasteiger partial charge on any atom is -0.481 e. The highest BCUT2D eigenvalue weighted by Crippen LogP contribution is 2.31. The molecule has 310 valence electrons. The summed E-state index contributed by atoms with van der Waals surface area (Å²) >= 11 is 0. The van der Waals surface area contributed by atoms with Crippen LogP contribution in [-0.4, -0.2) is 86.8 Å². The number of para-hydroxylation sites is 1. The number of nitrogens with one attached hydrogen (secondary N) is 3. The fourth-order valence-electron chi connectivity index (χ4n) is 6.32. The molecule has 17 nitrogen and oxygen atoms in total. The summed E-state index contributed by atoms with van der Waals surface area (Å²) in [5.41, 5.74) is 21.6. The molecule has 0 saturated heterocycles. The second kappa shape index (κ2) is 21.2. The van der Waals surface area contributed by atoms with E-state index in [4.69, 9.17) is 26.8 Å². The minimum atomic E-state index is -2.31. The summed E-state index contributed by atoms with van der Waals surface area (Å²) in [5, 5.41) is 12.1. The Bertz CT molecular complexity index is 1880. The van der Waals surface area contributed by atoms with E-state index in [0.29, 0.717) is 12.0 Å². The maximum absolute atomic E-state index is 14.2. The van der Waals surface area contributed by atoms with E-state index >= 15 is 0 Å². The number of carbonyl (C=O) groups excluding carboxylic acids is 6. The van der Waals surface area contributed by atoms with Gasteiger partial charge in [-0.15, -0.1) is 0 Å². The second-order valence-electron chi connectivity index (χ2n) is 14.9. The van der Waals surface area contributed by atoms with Gasteiger partial charge in [0.2, 0.25) is 11.8 Å². The summed E-state index contributed by atoms with van der Waals surface area (Å²) in [5.74, 6) is -7.65. The molecule has 1 aromatic heterocycles. The topological polar surface area (TPSA) is 279 Å². The number of aromatic nitrogens is 1. The molecule has 5 amide bonds. The number of Topliss-reactive ketones (excluding diaryl/α,β-unsaturated/α-hetero) is 1. The number of benzene rings is 2. The number of carboxylic acid groups (broad SMARTS) is 1. The van der Waals surface area contributed by atoms with Gasteiger partial charge in [-0.3, -0.25) is 43.8 Å². The van der Waals surface area contributed by atoms with Gasteiger partial charge in [0.05, 0.1) is 18.5 Å². The average Bonchev–Trinajstić information content (AvgIpc) is 3.54. The number of carbonyl (C=O) groups is 7. The van der Waals surface area contributed by atoms with Crippen molar-refractivity contribution in [2.75, 3.05) is 6.61 Å². The van der Waals surface area contributed by atoms with Crippen molar-refractivity contribution >= 4 is 52.4 Å². The van der Waals surface area contributed by atoms with Gasteiger partial charge in [-0.1, -0.05) is 74.7 Å². The zero-order valence-corrected chi connectivity index (χ0v) is 32.9. The quantitative estimate of drug-likeness (QED) is 0.0465. The molecule has 0 bridgehead atoms. The van der Waals surface area contributed by atoms with Crippen LogP contribution in [0.4, 0.5) is 4.79 Å². The highest BCUT2D eigenvalue weighted by molar-refractivity contribution is 6.17. The van der Waals surface area contributed by atoms with Crippen LogP contribution in [-0.2, 0) is 50.3 Å². The molecular formula is C40H55N7O10. The third kappa shape index (κ3) is 13.9. The largest absolute Gasteiger partial charge is 0.481 e. The molecule has 0 spiro atoms. The standard InChI is InChI=1S/C40H55N7O10/c1-5-6-12-19-40(43,26-14-8-7-9-15-26)20-13-18-31(48)34(35(52)45-32(49)24-56-46-38(55)57-39(2,3)4)47(37(54)29(42)22-33(50)51)36(53)28(41)21-25-23-44-30-17-11-10-16-27(25)30/h7-11,14-17,23,28-29,34,44H,5-6,12-13,18-22,24,41-43H2,1-4H3,(H,46,55)(H,50,51)(H,45,49,52)/t28-,29-,34-,40?/m0/s1. The Labute approximate surface area is 331 Å². The van der Waals surface area contributed by atoms with Crippen molar-refractivity contribution in [2.45, 2.75) is 115 Å². The lowest BCUT2D eigenvalue weighted by Gasteiger charge is -2.33. The molecule has 4 atom stereocenters. The second-order valence-corrected chi connectivity index (χ2v) is 14.9. The van der Waals surface area contributed by atoms with Gasteiger partial charge in [-0.25, -0.2) is 4.79 Å². The fraction of sp³-hybridized carbons (Fsp3) is 0.475. The smallest absolute Gasteiger partial charge is 0.431 e. The van der Waals surface area contributed by atoms with Gasteiger partial charge in [0.15, 0.2) is 18.4 Å². The van der Waals surface area contributed by atoms with Gasteiger partial charge in [-0.2, -0.15) is 5.48 Å². The van der Waals surface area contributed by atoms with E-state index in [2.05, 4.69) is 11.9 Å². The van der Waals surface area contributed by atoms with Crippen LogP contribution in [0.15, 0.2) is 60.8 Å².